The van der Waals surface area contributed by atoms with Crippen LogP contribution in [0.3, 0.4) is 0 Å². The zero-order chi connectivity index (χ0) is 15.2. The molecular weight excluding hydrogens is 256 g/mol. The summed E-state index contributed by atoms with van der Waals surface area (Å²) in [6.45, 7) is 13.7. The maximum Gasteiger partial charge on any atom is 0.0242 e. The Kier molecular flexibility index (Phi) is 6.25. The molecule has 0 spiro atoms. The number of likely N-dealkylation sites (tertiary alicyclic amines) is 1. The lowest BCUT2D eigenvalue weighted by Gasteiger charge is -2.36. The summed E-state index contributed by atoms with van der Waals surface area (Å²) in [6, 6.07) is 7.37. The fourth-order valence-corrected chi connectivity index (χ4v) is 3.34. The monoisotopic (exact) mass is 288 g/mol. The van der Waals surface area contributed by atoms with Gasteiger partial charge in [-0.1, -0.05) is 38.5 Å². The normalized spacial score (nSPS) is 20.1. The number of hydrogen-bond donors (Lipinski definition) is 1. The van der Waals surface area contributed by atoms with Crippen LogP contribution in [-0.2, 0) is 6.54 Å². The van der Waals surface area contributed by atoms with Gasteiger partial charge in [-0.25, -0.2) is 0 Å². The van der Waals surface area contributed by atoms with Gasteiger partial charge in [0.2, 0.25) is 0 Å². The Morgan fingerprint density at radius 1 is 1.19 bits per heavy atom. The summed E-state index contributed by atoms with van der Waals surface area (Å²) in [5.41, 5.74) is 4.41. The van der Waals surface area contributed by atoms with Gasteiger partial charge in [-0.05, 0) is 62.4 Å². The van der Waals surface area contributed by atoms with Gasteiger partial charge in [0.1, 0.15) is 0 Å². The van der Waals surface area contributed by atoms with Crippen molar-refractivity contribution in [1.29, 1.82) is 0 Å². The molecule has 1 aromatic carbocycles. The number of hydrogen-bond acceptors (Lipinski definition) is 2. The summed E-state index contributed by atoms with van der Waals surface area (Å²) in [5.74, 6) is 0.737. The third-order valence-corrected chi connectivity index (χ3v) is 4.69. The maximum absolute atomic E-state index is 3.66. The Morgan fingerprint density at radius 3 is 2.57 bits per heavy atom. The summed E-state index contributed by atoms with van der Waals surface area (Å²) in [7, 11) is 0. The number of benzene rings is 1. The first-order valence-electron chi connectivity index (χ1n) is 8.57. The lowest BCUT2D eigenvalue weighted by molar-refractivity contribution is 0.136. The maximum atomic E-state index is 3.66. The van der Waals surface area contributed by atoms with E-state index in [9.17, 15) is 0 Å². The van der Waals surface area contributed by atoms with Crippen molar-refractivity contribution in [3.63, 3.8) is 0 Å². The van der Waals surface area contributed by atoms with Crippen molar-refractivity contribution in [2.24, 2.45) is 5.92 Å². The molecule has 2 heteroatoms. The summed E-state index contributed by atoms with van der Waals surface area (Å²) >= 11 is 0. The zero-order valence-corrected chi connectivity index (χ0v) is 14.3. The fourth-order valence-electron chi connectivity index (χ4n) is 3.34. The van der Waals surface area contributed by atoms with Crippen molar-refractivity contribution in [2.45, 2.75) is 59.5 Å². The number of aryl methyl sites for hydroxylation is 2. The topological polar surface area (TPSA) is 15.3 Å². The molecule has 0 aromatic heterocycles. The van der Waals surface area contributed by atoms with Gasteiger partial charge in [-0.15, -0.1) is 0 Å². The molecule has 1 N–H and O–H groups in total. The van der Waals surface area contributed by atoms with Gasteiger partial charge in [0, 0.05) is 19.1 Å². The number of nitrogens with one attached hydrogen (secondary N) is 1. The quantitative estimate of drug-likeness (QED) is 0.854. The third-order valence-electron chi connectivity index (χ3n) is 4.69. The molecule has 118 valence electrons. The number of rotatable bonds is 6. The van der Waals surface area contributed by atoms with Crippen molar-refractivity contribution in [3.05, 3.63) is 34.9 Å². The highest BCUT2D eigenvalue weighted by molar-refractivity contribution is 5.33. The van der Waals surface area contributed by atoms with Crippen molar-refractivity contribution in [3.8, 4) is 0 Å². The summed E-state index contributed by atoms with van der Waals surface area (Å²) < 4.78 is 0. The van der Waals surface area contributed by atoms with E-state index in [1.807, 2.05) is 0 Å². The van der Waals surface area contributed by atoms with Crippen LogP contribution in [-0.4, -0.2) is 30.6 Å². The Labute approximate surface area is 130 Å². The highest BCUT2D eigenvalue weighted by atomic mass is 15.2. The Morgan fingerprint density at radius 2 is 1.90 bits per heavy atom. The predicted molar refractivity (Wildman–Crippen MR) is 91.7 cm³/mol. The minimum absolute atomic E-state index is 0.705. The van der Waals surface area contributed by atoms with Crippen LogP contribution in [0.5, 0.6) is 0 Å². The van der Waals surface area contributed by atoms with Gasteiger partial charge in [0.15, 0.2) is 0 Å². The average Bonchev–Trinajstić information content (AvgIpc) is 2.44. The van der Waals surface area contributed by atoms with Crippen LogP contribution in [0.1, 0.15) is 49.8 Å². The highest BCUT2D eigenvalue weighted by Gasteiger charge is 2.23. The first kappa shape index (κ1) is 16.5. The molecule has 0 amide bonds. The molecule has 1 unspecified atom stereocenters. The van der Waals surface area contributed by atoms with Gasteiger partial charge in [0.25, 0.3) is 0 Å². The molecule has 1 aliphatic rings. The highest BCUT2D eigenvalue weighted by Crippen LogP contribution is 2.22. The van der Waals surface area contributed by atoms with Crippen molar-refractivity contribution < 1.29 is 0 Å². The van der Waals surface area contributed by atoms with E-state index in [0.29, 0.717) is 6.04 Å². The number of nitrogens with zero attached hydrogens (tertiary/aromatic N) is 1. The van der Waals surface area contributed by atoms with E-state index in [2.05, 4.69) is 56.1 Å². The third kappa shape index (κ3) is 4.82. The first-order chi connectivity index (χ1) is 10.1. The van der Waals surface area contributed by atoms with Gasteiger partial charge in [0.05, 0.1) is 0 Å². The average molecular weight is 288 g/mol. The molecular formula is C19H32N2. The van der Waals surface area contributed by atoms with Crippen LogP contribution in [0.4, 0.5) is 0 Å². The van der Waals surface area contributed by atoms with Crippen LogP contribution in [0.25, 0.3) is 0 Å². The van der Waals surface area contributed by atoms with E-state index in [0.717, 1.165) is 25.6 Å². The Balaban J connectivity index is 1.98. The molecule has 0 bridgehead atoms. The summed E-state index contributed by atoms with van der Waals surface area (Å²) in [4.78, 5) is 2.70. The van der Waals surface area contributed by atoms with Gasteiger partial charge in [-0.2, -0.15) is 0 Å². The lowest BCUT2D eigenvalue weighted by atomic mass is 9.97. The van der Waals surface area contributed by atoms with Crippen LogP contribution in [0, 0.1) is 19.8 Å². The van der Waals surface area contributed by atoms with Crippen LogP contribution < -0.4 is 5.32 Å². The minimum atomic E-state index is 0.705. The molecule has 2 rings (SSSR count). The molecule has 0 saturated carbocycles. The van der Waals surface area contributed by atoms with E-state index in [-0.39, 0.29) is 0 Å². The summed E-state index contributed by atoms with van der Waals surface area (Å²) in [5, 5.41) is 3.66. The molecule has 21 heavy (non-hydrogen) atoms. The SMILES string of the molecule is Cc1cccc(C)c1CN1CCCCC1CNCC(C)C. The van der Waals surface area contributed by atoms with Gasteiger partial charge in [-0.3, -0.25) is 4.90 Å². The molecule has 1 heterocycles. The minimum Gasteiger partial charge on any atom is -0.315 e. The molecule has 1 aliphatic heterocycles. The molecule has 0 radical (unpaired) electrons. The smallest absolute Gasteiger partial charge is 0.0242 e. The largest absolute Gasteiger partial charge is 0.315 e. The first-order valence-corrected chi connectivity index (χ1v) is 8.57. The fraction of sp³-hybridized carbons (Fsp3) is 0.684. The van der Waals surface area contributed by atoms with Crippen LogP contribution in [0.2, 0.25) is 0 Å². The molecule has 1 aromatic rings. The Hall–Kier alpha value is -0.860. The molecule has 1 saturated heterocycles. The van der Waals surface area contributed by atoms with E-state index in [4.69, 9.17) is 0 Å². The van der Waals surface area contributed by atoms with E-state index >= 15 is 0 Å². The standard InChI is InChI=1S/C19H32N2/c1-15(2)12-20-13-18-10-5-6-11-21(18)14-19-16(3)8-7-9-17(19)4/h7-9,15,18,20H,5-6,10-14H2,1-4H3. The zero-order valence-electron chi connectivity index (χ0n) is 14.3. The second-order valence-corrected chi connectivity index (χ2v) is 7.04. The van der Waals surface area contributed by atoms with E-state index < -0.39 is 0 Å². The summed E-state index contributed by atoms with van der Waals surface area (Å²) in [6.07, 6.45) is 4.08. The van der Waals surface area contributed by atoms with Gasteiger partial charge < -0.3 is 5.32 Å². The van der Waals surface area contributed by atoms with Gasteiger partial charge >= 0.3 is 0 Å². The molecule has 0 aliphatic carbocycles. The Bertz CT molecular complexity index is 419. The predicted octanol–water partition coefficient (Wildman–Crippen LogP) is 3.90. The van der Waals surface area contributed by atoms with Crippen molar-refractivity contribution >= 4 is 0 Å². The van der Waals surface area contributed by atoms with Crippen molar-refractivity contribution in [1.82, 2.24) is 10.2 Å². The van der Waals surface area contributed by atoms with Crippen LogP contribution in [0.15, 0.2) is 18.2 Å². The lowest BCUT2D eigenvalue weighted by Crippen LogP contribution is -2.45. The second kappa shape index (κ2) is 7.95. The molecule has 1 atom stereocenters. The van der Waals surface area contributed by atoms with Crippen LogP contribution >= 0.6 is 0 Å². The van der Waals surface area contributed by atoms with E-state index in [1.165, 1.54) is 42.5 Å². The molecule has 2 nitrogen and oxygen atoms in total. The van der Waals surface area contributed by atoms with Crippen molar-refractivity contribution in [2.75, 3.05) is 19.6 Å². The second-order valence-electron chi connectivity index (χ2n) is 7.04. The van der Waals surface area contributed by atoms with E-state index in [1.54, 1.807) is 0 Å². The molecule has 1 fully saturated rings. The number of piperidine rings is 1.